The molecule has 0 aromatic heterocycles. The van der Waals surface area contributed by atoms with E-state index < -0.39 is 0 Å². The van der Waals surface area contributed by atoms with Crippen LogP contribution in [-0.4, -0.2) is 53.6 Å². The molecule has 2 aliphatic heterocycles. The topological polar surface area (TPSA) is 32.5 Å². The standard InChI is InChI=1S/C17H33N3/c1-2-20(15-8-4-3-5-9-15)17(14-18)11-13-19-12-7-6-10-16(17)19/h15-16H,2-14,18H2,1H3. The van der Waals surface area contributed by atoms with Gasteiger partial charge in [-0.3, -0.25) is 9.80 Å². The lowest BCUT2D eigenvalue weighted by molar-refractivity contribution is -0.00139. The molecule has 20 heavy (non-hydrogen) atoms. The third kappa shape index (κ3) is 2.42. The molecule has 2 heterocycles. The Morgan fingerprint density at radius 1 is 1.05 bits per heavy atom. The molecule has 3 aliphatic rings. The molecule has 3 heteroatoms. The second-order valence-corrected chi connectivity index (χ2v) is 7.18. The Labute approximate surface area is 124 Å². The minimum Gasteiger partial charge on any atom is -0.329 e. The first-order valence-corrected chi connectivity index (χ1v) is 9.02. The monoisotopic (exact) mass is 279 g/mol. The maximum Gasteiger partial charge on any atom is 0.0501 e. The van der Waals surface area contributed by atoms with Crippen LogP contribution in [0.2, 0.25) is 0 Å². The van der Waals surface area contributed by atoms with Crippen LogP contribution in [0.25, 0.3) is 0 Å². The minimum atomic E-state index is 0.289. The quantitative estimate of drug-likeness (QED) is 0.858. The van der Waals surface area contributed by atoms with E-state index in [4.69, 9.17) is 5.73 Å². The lowest BCUT2D eigenvalue weighted by Crippen LogP contribution is -2.64. The molecule has 0 aromatic rings. The summed E-state index contributed by atoms with van der Waals surface area (Å²) in [6.45, 7) is 7.00. The summed E-state index contributed by atoms with van der Waals surface area (Å²) in [5, 5.41) is 0. The van der Waals surface area contributed by atoms with E-state index in [0.717, 1.165) is 18.6 Å². The number of hydrogen-bond acceptors (Lipinski definition) is 3. The van der Waals surface area contributed by atoms with Crippen molar-refractivity contribution in [1.29, 1.82) is 0 Å². The summed E-state index contributed by atoms with van der Waals surface area (Å²) >= 11 is 0. The molecule has 0 spiro atoms. The van der Waals surface area contributed by atoms with Gasteiger partial charge in [0.2, 0.25) is 0 Å². The van der Waals surface area contributed by atoms with Gasteiger partial charge in [-0.05, 0) is 45.2 Å². The molecule has 2 unspecified atom stereocenters. The highest BCUT2D eigenvalue weighted by Gasteiger charge is 2.51. The van der Waals surface area contributed by atoms with Crippen LogP contribution in [0.3, 0.4) is 0 Å². The molecule has 3 nitrogen and oxygen atoms in total. The van der Waals surface area contributed by atoms with Crippen LogP contribution in [0, 0.1) is 0 Å². The van der Waals surface area contributed by atoms with Gasteiger partial charge in [-0.15, -0.1) is 0 Å². The summed E-state index contributed by atoms with van der Waals surface area (Å²) in [4.78, 5) is 5.60. The Bertz CT molecular complexity index is 313. The van der Waals surface area contributed by atoms with Gasteiger partial charge in [-0.2, -0.15) is 0 Å². The van der Waals surface area contributed by atoms with E-state index in [-0.39, 0.29) is 5.54 Å². The zero-order chi connectivity index (χ0) is 14.0. The first-order valence-electron chi connectivity index (χ1n) is 9.02. The van der Waals surface area contributed by atoms with Gasteiger partial charge in [0.25, 0.3) is 0 Å². The molecule has 3 rings (SSSR count). The number of fused-ring (bicyclic) bond motifs is 1. The van der Waals surface area contributed by atoms with Gasteiger partial charge in [0.1, 0.15) is 0 Å². The Morgan fingerprint density at radius 3 is 2.50 bits per heavy atom. The summed E-state index contributed by atoms with van der Waals surface area (Å²) in [6.07, 6.45) is 12.6. The molecule has 2 atom stereocenters. The Kier molecular flexibility index (Phi) is 4.68. The van der Waals surface area contributed by atoms with Crippen molar-refractivity contribution in [2.45, 2.75) is 82.3 Å². The van der Waals surface area contributed by atoms with Crippen LogP contribution in [0.1, 0.15) is 64.7 Å². The van der Waals surface area contributed by atoms with Gasteiger partial charge in [0, 0.05) is 25.2 Å². The lowest BCUT2D eigenvalue weighted by Gasteiger charge is -2.51. The molecule has 1 aliphatic carbocycles. The number of nitrogens with two attached hydrogens (primary N) is 1. The largest absolute Gasteiger partial charge is 0.329 e. The molecule has 0 amide bonds. The lowest BCUT2D eigenvalue weighted by atomic mass is 9.80. The van der Waals surface area contributed by atoms with Gasteiger partial charge >= 0.3 is 0 Å². The van der Waals surface area contributed by atoms with E-state index in [9.17, 15) is 0 Å². The number of nitrogens with zero attached hydrogens (tertiary/aromatic N) is 2. The molecule has 0 bridgehead atoms. The summed E-state index contributed by atoms with van der Waals surface area (Å²) < 4.78 is 0. The van der Waals surface area contributed by atoms with Crippen LogP contribution >= 0.6 is 0 Å². The van der Waals surface area contributed by atoms with E-state index >= 15 is 0 Å². The van der Waals surface area contributed by atoms with Crippen molar-refractivity contribution < 1.29 is 0 Å². The fourth-order valence-corrected chi connectivity index (χ4v) is 5.39. The van der Waals surface area contributed by atoms with Crippen LogP contribution in [0.15, 0.2) is 0 Å². The number of hydrogen-bond donors (Lipinski definition) is 1. The molecule has 0 aromatic carbocycles. The van der Waals surface area contributed by atoms with E-state index in [0.29, 0.717) is 0 Å². The van der Waals surface area contributed by atoms with Crippen molar-refractivity contribution in [3.8, 4) is 0 Å². The molecule has 1 saturated carbocycles. The van der Waals surface area contributed by atoms with Gasteiger partial charge in [0.15, 0.2) is 0 Å². The fourth-order valence-electron chi connectivity index (χ4n) is 5.39. The minimum absolute atomic E-state index is 0.289. The maximum absolute atomic E-state index is 6.39. The van der Waals surface area contributed by atoms with E-state index in [1.54, 1.807) is 0 Å². The smallest absolute Gasteiger partial charge is 0.0501 e. The van der Waals surface area contributed by atoms with Gasteiger partial charge < -0.3 is 5.73 Å². The third-order valence-corrected chi connectivity index (χ3v) is 6.35. The molecule has 2 saturated heterocycles. The van der Waals surface area contributed by atoms with Gasteiger partial charge in [0.05, 0.1) is 5.54 Å². The Balaban J connectivity index is 1.82. The highest BCUT2D eigenvalue weighted by atomic mass is 15.3. The van der Waals surface area contributed by atoms with E-state index in [2.05, 4.69) is 16.7 Å². The fraction of sp³-hybridized carbons (Fsp3) is 1.00. The molecular formula is C17H33N3. The molecular weight excluding hydrogens is 246 g/mol. The SMILES string of the molecule is CCN(C1CCCCC1)C1(CN)CCN2CCCCC21. The van der Waals surface area contributed by atoms with Crippen molar-refractivity contribution in [2.75, 3.05) is 26.2 Å². The first kappa shape index (κ1) is 14.8. The Hall–Kier alpha value is -0.120. The summed E-state index contributed by atoms with van der Waals surface area (Å²) in [5.74, 6) is 0. The van der Waals surface area contributed by atoms with Gasteiger partial charge in [-0.25, -0.2) is 0 Å². The molecule has 0 radical (unpaired) electrons. The summed E-state index contributed by atoms with van der Waals surface area (Å²) in [5.41, 5.74) is 6.68. The van der Waals surface area contributed by atoms with Crippen molar-refractivity contribution in [3.05, 3.63) is 0 Å². The average Bonchev–Trinajstić information content (AvgIpc) is 2.89. The summed E-state index contributed by atoms with van der Waals surface area (Å²) in [7, 11) is 0. The zero-order valence-corrected chi connectivity index (χ0v) is 13.3. The molecule has 116 valence electrons. The second-order valence-electron chi connectivity index (χ2n) is 7.18. The molecule has 2 N–H and O–H groups in total. The van der Waals surface area contributed by atoms with E-state index in [1.165, 1.54) is 77.4 Å². The predicted octanol–water partition coefficient (Wildman–Crippen LogP) is 2.60. The summed E-state index contributed by atoms with van der Waals surface area (Å²) in [6, 6.07) is 1.54. The predicted molar refractivity (Wildman–Crippen MR) is 84.9 cm³/mol. The van der Waals surface area contributed by atoms with Gasteiger partial charge in [-0.1, -0.05) is 32.6 Å². The highest BCUT2D eigenvalue weighted by molar-refractivity contribution is 5.10. The normalized spacial score (nSPS) is 36.5. The van der Waals surface area contributed by atoms with Crippen LogP contribution in [-0.2, 0) is 0 Å². The number of rotatable bonds is 4. The third-order valence-electron chi connectivity index (χ3n) is 6.35. The Morgan fingerprint density at radius 2 is 1.80 bits per heavy atom. The van der Waals surface area contributed by atoms with Crippen LogP contribution < -0.4 is 5.73 Å². The maximum atomic E-state index is 6.39. The second kappa shape index (κ2) is 6.33. The zero-order valence-electron chi connectivity index (χ0n) is 13.3. The van der Waals surface area contributed by atoms with E-state index in [1.807, 2.05) is 0 Å². The van der Waals surface area contributed by atoms with Crippen molar-refractivity contribution in [1.82, 2.24) is 9.80 Å². The average molecular weight is 279 g/mol. The highest BCUT2D eigenvalue weighted by Crippen LogP contribution is 2.41. The first-order chi connectivity index (χ1) is 9.81. The number of piperidine rings is 1. The number of likely N-dealkylation sites (N-methyl/N-ethyl adjacent to an activating group) is 1. The van der Waals surface area contributed by atoms with Crippen molar-refractivity contribution in [2.24, 2.45) is 5.73 Å². The molecule has 3 fully saturated rings. The van der Waals surface area contributed by atoms with Crippen LogP contribution in [0.4, 0.5) is 0 Å². The van der Waals surface area contributed by atoms with Crippen LogP contribution in [0.5, 0.6) is 0 Å². The van der Waals surface area contributed by atoms with Crippen molar-refractivity contribution >= 4 is 0 Å². The van der Waals surface area contributed by atoms with Crippen molar-refractivity contribution in [3.63, 3.8) is 0 Å².